The number of benzene rings is 1. The highest BCUT2D eigenvalue weighted by molar-refractivity contribution is 5.48. The fourth-order valence-corrected chi connectivity index (χ4v) is 2.31. The highest BCUT2D eigenvalue weighted by Gasteiger charge is 2.17. The van der Waals surface area contributed by atoms with Gasteiger partial charge in [-0.2, -0.15) is 0 Å². The summed E-state index contributed by atoms with van der Waals surface area (Å²) in [5, 5.41) is 0. The fourth-order valence-electron chi connectivity index (χ4n) is 2.31. The number of fused-ring (bicyclic) bond motifs is 1. The van der Waals surface area contributed by atoms with Gasteiger partial charge in [-0.05, 0) is 48.1 Å². The van der Waals surface area contributed by atoms with Crippen molar-refractivity contribution in [1.29, 1.82) is 0 Å². The van der Waals surface area contributed by atoms with Gasteiger partial charge in [0.05, 0.1) is 0 Å². The summed E-state index contributed by atoms with van der Waals surface area (Å²) in [7, 11) is 0. The first-order valence-corrected chi connectivity index (χ1v) is 7.23. The fraction of sp³-hybridized carbons (Fsp3) is 0.316. The van der Waals surface area contributed by atoms with Gasteiger partial charge in [-0.15, -0.1) is 5.73 Å². The first kappa shape index (κ1) is 14.4. The van der Waals surface area contributed by atoms with Crippen LogP contribution in [0.1, 0.15) is 44.2 Å². The zero-order valence-electron chi connectivity index (χ0n) is 12.6. The monoisotopic (exact) mass is 266 g/mol. The zero-order chi connectivity index (χ0) is 14.5. The second-order valence-corrected chi connectivity index (χ2v) is 5.15. The molecule has 0 N–H and O–H groups in total. The van der Waals surface area contributed by atoms with Gasteiger partial charge in [0.15, 0.2) is 0 Å². The van der Waals surface area contributed by atoms with E-state index in [1.165, 1.54) is 11.1 Å². The van der Waals surface area contributed by atoms with Gasteiger partial charge in [-0.1, -0.05) is 38.6 Å². The van der Waals surface area contributed by atoms with Crippen LogP contribution in [0.25, 0.3) is 0 Å². The van der Waals surface area contributed by atoms with Crippen molar-refractivity contribution in [2.45, 2.75) is 39.5 Å². The lowest BCUT2D eigenvalue weighted by Crippen LogP contribution is -2.08. The van der Waals surface area contributed by atoms with Crippen LogP contribution in [0.2, 0.25) is 0 Å². The molecule has 1 heterocycles. The Morgan fingerprint density at radius 1 is 1.45 bits per heavy atom. The summed E-state index contributed by atoms with van der Waals surface area (Å²) < 4.78 is 5.98. The van der Waals surface area contributed by atoms with Crippen molar-refractivity contribution in [2.75, 3.05) is 0 Å². The van der Waals surface area contributed by atoms with Crippen LogP contribution in [-0.2, 0) is 6.42 Å². The molecule has 104 valence electrons. The lowest BCUT2D eigenvalue weighted by Gasteiger charge is -2.21. The second-order valence-electron chi connectivity index (χ2n) is 5.15. The van der Waals surface area contributed by atoms with Crippen LogP contribution < -0.4 is 4.74 Å². The van der Waals surface area contributed by atoms with Gasteiger partial charge in [-0.25, -0.2) is 0 Å². The lowest BCUT2D eigenvalue weighted by atomic mass is 9.93. The molecule has 0 aromatic heterocycles. The molecule has 1 unspecified atom stereocenters. The Bertz CT molecular complexity index is 598. The number of hydrogen-bond donors (Lipinski definition) is 0. The van der Waals surface area contributed by atoms with Crippen LogP contribution in [0.5, 0.6) is 5.75 Å². The Kier molecular flexibility index (Phi) is 4.65. The average Bonchev–Trinajstić information content (AvgIpc) is 2.50. The Labute approximate surface area is 122 Å². The van der Waals surface area contributed by atoms with Crippen molar-refractivity contribution < 1.29 is 4.74 Å². The van der Waals surface area contributed by atoms with Crippen LogP contribution >= 0.6 is 0 Å². The topological polar surface area (TPSA) is 9.23 Å². The van der Waals surface area contributed by atoms with Crippen LogP contribution in [0.3, 0.4) is 0 Å². The van der Waals surface area contributed by atoms with E-state index in [0.29, 0.717) is 5.92 Å². The van der Waals surface area contributed by atoms with E-state index in [0.717, 1.165) is 29.9 Å². The Balaban J connectivity index is 2.37. The normalized spacial score (nSPS) is 14.8. The third kappa shape index (κ3) is 2.95. The van der Waals surface area contributed by atoms with Crippen LogP contribution in [0, 0.1) is 0 Å². The molecule has 1 heteroatoms. The number of ether oxygens (including phenoxy) is 1. The predicted octanol–water partition coefficient (Wildman–Crippen LogP) is 5.31. The molecule has 1 aliphatic rings. The van der Waals surface area contributed by atoms with Crippen molar-refractivity contribution in [3.05, 3.63) is 71.2 Å². The van der Waals surface area contributed by atoms with E-state index >= 15 is 0 Å². The Morgan fingerprint density at radius 3 is 2.90 bits per heavy atom. The molecule has 1 aliphatic heterocycles. The van der Waals surface area contributed by atoms with Gasteiger partial charge in [0, 0.05) is 12.5 Å². The van der Waals surface area contributed by atoms with Gasteiger partial charge in [0.25, 0.3) is 0 Å². The van der Waals surface area contributed by atoms with Gasteiger partial charge < -0.3 is 4.74 Å². The minimum absolute atomic E-state index is 0.584. The van der Waals surface area contributed by atoms with Crippen LogP contribution in [0.4, 0.5) is 0 Å². The van der Waals surface area contributed by atoms with Crippen molar-refractivity contribution in [3.8, 4) is 5.75 Å². The molecule has 1 nitrogen and oxygen atoms in total. The SMILES string of the molecule is C=CC1=C(C=C=CC)Oc2ccc(C(C)CC)cc2C1. The molecular formula is C19H22O. The van der Waals surface area contributed by atoms with E-state index in [1.807, 2.05) is 25.2 Å². The molecule has 0 saturated heterocycles. The summed E-state index contributed by atoms with van der Waals surface area (Å²) in [6.07, 6.45) is 7.66. The van der Waals surface area contributed by atoms with E-state index in [4.69, 9.17) is 4.74 Å². The maximum absolute atomic E-state index is 5.98. The average molecular weight is 266 g/mol. The molecule has 1 atom stereocenters. The third-order valence-electron chi connectivity index (χ3n) is 3.81. The largest absolute Gasteiger partial charge is 0.456 e. The molecule has 2 rings (SSSR count). The third-order valence-corrected chi connectivity index (χ3v) is 3.81. The summed E-state index contributed by atoms with van der Waals surface area (Å²) in [5.74, 6) is 2.38. The van der Waals surface area contributed by atoms with Gasteiger partial charge in [0.1, 0.15) is 11.5 Å². The van der Waals surface area contributed by atoms with Gasteiger partial charge >= 0.3 is 0 Å². The van der Waals surface area contributed by atoms with E-state index in [-0.39, 0.29) is 0 Å². The van der Waals surface area contributed by atoms with E-state index < -0.39 is 0 Å². The van der Waals surface area contributed by atoms with Crippen molar-refractivity contribution in [2.24, 2.45) is 0 Å². The minimum Gasteiger partial charge on any atom is -0.456 e. The quantitative estimate of drug-likeness (QED) is 0.671. The van der Waals surface area contributed by atoms with E-state index in [9.17, 15) is 0 Å². The first-order valence-electron chi connectivity index (χ1n) is 7.23. The molecule has 0 fully saturated rings. The molecule has 0 saturated carbocycles. The second kappa shape index (κ2) is 6.45. The molecule has 0 radical (unpaired) electrons. The maximum Gasteiger partial charge on any atom is 0.138 e. The molecule has 1 aromatic carbocycles. The molecule has 0 amide bonds. The van der Waals surface area contributed by atoms with Crippen molar-refractivity contribution >= 4 is 0 Å². The summed E-state index contributed by atoms with van der Waals surface area (Å²) >= 11 is 0. The Morgan fingerprint density at radius 2 is 2.25 bits per heavy atom. The van der Waals surface area contributed by atoms with Gasteiger partial charge in [-0.3, -0.25) is 0 Å². The number of allylic oxidation sites excluding steroid dienone is 3. The Hall–Kier alpha value is -1.98. The van der Waals surface area contributed by atoms with Crippen LogP contribution in [-0.4, -0.2) is 0 Å². The molecule has 0 aliphatic carbocycles. The lowest BCUT2D eigenvalue weighted by molar-refractivity contribution is 0.422. The smallest absolute Gasteiger partial charge is 0.138 e. The summed E-state index contributed by atoms with van der Waals surface area (Å²) in [5.41, 5.74) is 6.82. The predicted molar refractivity (Wildman–Crippen MR) is 85.0 cm³/mol. The number of hydrogen-bond acceptors (Lipinski definition) is 1. The zero-order valence-corrected chi connectivity index (χ0v) is 12.6. The summed E-state index contributed by atoms with van der Waals surface area (Å²) in [6, 6.07) is 6.52. The molecule has 20 heavy (non-hydrogen) atoms. The summed E-state index contributed by atoms with van der Waals surface area (Å²) in [4.78, 5) is 0. The highest BCUT2D eigenvalue weighted by atomic mass is 16.5. The molecule has 1 aromatic rings. The highest BCUT2D eigenvalue weighted by Crippen LogP contribution is 2.33. The first-order chi connectivity index (χ1) is 9.69. The minimum atomic E-state index is 0.584. The van der Waals surface area contributed by atoms with E-state index in [1.54, 1.807) is 0 Å². The van der Waals surface area contributed by atoms with Crippen LogP contribution in [0.15, 0.2) is 60.1 Å². The van der Waals surface area contributed by atoms with Gasteiger partial charge in [0.2, 0.25) is 0 Å². The van der Waals surface area contributed by atoms with Crippen molar-refractivity contribution in [3.63, 3.8) is 0 Å². The summed E-state index contributed by atoms with van der Waals surface area (Å²) in [6.45, 7) is 10.3. The maximum atomic E-state index is 5.98. The number of rotatable bonds is 4. The van der Waals surface area contributed by atoms with E-state index in [2.05, 4.69) is 44.4 Å². The molecular weight excluding hydrogens is 244 g/mol. The molecule has 0 spiro atoms. The van der Waals surface area contributed by atoms with Crippen molar-refractivity contribution in [1.82, 2.24) is 0 Å². The molecule has 0 bridgehead atoms. The standard InChI is InChI=1S/C19H22O/c1-5-8-9-18-15(7-3)12-17-13-16(14(4)6-2)10-11-19(17)20-18/h5,7,9-11,13-14H,3,6,12H2,1-2,4H3.